The largest absolute Gasteiger partial charge is 0.339 e. The van der Waals surface area contributed by atoms with Crippen LogP contribution in [0.3, 0.4) is 0 Å². The Bertz CT molecular complexity index is 822. The molecular weight excluding hydrogens is 358 g/mol. The van der Waals surface area contributed by atoms with Crippen LogP contribution in [0.1, 0.15) is 36.2 Å². The number of carbonyl (C=O) groups is 1. The molecular formula is C18H22ClN3O2S. The standard InChI is InChI=1S/C18H22ClN3O2S/c1-11-15(17(24)21-18(20-11)25-4)8-9-16(23)22(3)12(2)13-6-5-7-14(19)10-13/h5-7,10,12H,8-9H2,1-4H3,(H,20,21,24). The van der Waals surface area contributed by atoms with E-state index in [0.717, 1.165) is 5.56 Å². The van der Waals surface area contributed by atoms with E-state index in [1.54, 1.807) is 24.9 Å². The van der Waals surface area contributed by atoms with Gasteiger partial charge in [0, 0.05) is 29.7 Å². The van der Waals surface area contributed by atoms with Gasteiger partial charge in [-0.05, 0) is 44.2 Å². The summed E-state index contributed by atoms with van der Waals surface area (Å²) in [5.41, 5.74) is 2.04. The number of hydrogen-bond donors (Lipinski definition) is 1. The number of halogens is 1. The minimum absolute atomic E-state index is 0.0276. The summed E-state index contributed by atoms with van der Waals surface area (Å²) < 4.78 is 0. The second-order valence-electron chi connectivity index (χ2n) is 5.87. The molecule has 0 aliphatic carbocycles. The van der Waals surface area contributed by atoms with Crippen LogP contribution in [0.25, 0.3) is 0 Å². The molecule has 2 rings (SSSR count). The van der Waals surface area contributed by atoms with E-state index < -0.39 is 0 Å². The molecule has 0 aliphatic rings. The molecule has 0 aliphatic heterocycles. The van der Waals surface area contributed by atoms with Crippen LogP contribution in [-0.2, 0) is 11.2 Å². The molecule has 1 aromatic heterocycles. The second kappa shape index (κ2) is 8.54. The first-order chi connectivity index (χ1) is 11.8. The molecule has 0 saturated carbocycles. The Morgan fingerprint density at radius 3 is 2.76 bits per heavy atom. The summed E-state index contributed by atoms with van der Waals surface area (Å²) in [7, 11) is 1.76. The number of carbonyl (C=O) groups excluding carboxylic acids is 1. The molecule has 25 heavy (non-hydrogen) atoms. The Labute approximate surface area is 156 Å². The first kappa shape index (κ1) is 19.5. The average molecular weight is 380 g/mol. The van der Waals surface area contributed by atoms with E-state index >= 15 is 0 Å². The highest BCUT2D eigenvalue weighted by atomic mass is 35.5. The summed E-state index contributed by atoms with van der Waals surface area (Å²) in [6.45, 7) is 3.75. The average Bonchev–Trinajstić information content (AvgIpc) is 2.59. The molecule has 7 heteroatoms. The lowest BCUT2D eigenvalue weighted by molar-refractivity contribution is -0.131. The van der Waals surface area contributed by atoms with Gasteiger partial charge in [0.25, 0.3) is 5.56 Å². The lowest BCUT2D eigenvalue weighted by Gasteiger charge is -2.25. The zero-order valence-electron chi connectivity index (χ0n) is 14.8. The number of amides is 1. The molecule has 1 heterocycles. The fourth-order valence-corrected chi connectivity index (χ4v) is 3.21. The molecule has 134 valence electrons. The number of benzene rings is 1. The fourth-order valence-electron chi connectivity index (χ4n) is 2.59. The number of H-pyrrole nitrogens is 1. The smallest absolute Gasteiger partial charge is 0.254 e. The number of aromatic amines is 1. The molecule has 1 atom stereocenters. The van der Waals surface area contributed by atoms with Gasteiger partial charge >= 0.3 is 0 Å². The number of rotatable bonds is 6. The van der Waals surface area contributed by atoms with Crippen LogP contribution < -0.4 is 5.56 Å². The Morgan fingerprint density at radius 1 is 1.44 bits per heavy atom. The molecule has 1 amide bonds. The van der Waals surface area contributed by atoms with Gasteiger partial charge in [-0.25, -0.2) is 4.98 Å². The van der Waals surface area contributed by atoms with Crippen molar-refractivity contribution < 1.29 is 4.79 Å². The maximum Gasteiger partial charge on any atom is 0.254 e. The third kappa shape index (κ3) is 4.86. The van der Waals surface area contributed by atoms with Gasteiger partial charge in [-0.15, -0.1) is 0 Å². The van der Waals surface area contributed by atoms with E-state index in [2.05, 4.69) is 9.97 Å². The lowest BCUT2D eigenvalue weighted by atomic mass is 10.1. The predicted octanol–water partition coefficient (Wildman–Crippen LogP) is 3.61. The normalized spacial score (nSPS) is 12.0. The highest BCUT2D eigenvalue weighted by molar-refractivity contribution is 7.98. The number of nitrogens with one attached hydrogen (secondary N) is 1. The van der Waals surface area contributed by atoms with E-state index in [1.807, 2.05) is 31.4 Å². The van der Waals surface area contributed by atoms with Crippen molar-refractivity contribution in [3.63, 3.8) is 0 Å². The van der Waals surface area contributed by atoms with Gasteiger partial charge < -0.3 is 9.88 Å². The summed E-state index contributed by atoms with van der Waals surface area (Å²) in [5, 5.41) is 1.23. The summed E-state index contributed by atoms with van der Waals surface area (Å²) in [6, 6.07) is 7.38. The molecule has 1 unspecified atom stereocenters. The zero-order valence-corrected chi connectivity index (χ0v) is 16.4. The van der Waals surface area contributed by atoms with Crippen molar-refractivity contribution in [1.29, 1.82) is 0 Å². The number of hydrogen-bond acceptors (Lipinski definition) is 4. The second-order valence-corrected chi connectivity index (χ2v) is 7.11. The number of aryl methyl sites for hydroxylation is 1. The van der Waals surface area contributed by atoms with E-state index in [1.165, 1.54) is 11.8 Å². The van der Waals surface area contributed by atoms with Crippen molar-refractivity contribution in [2.75, 3.05) is 13.3 Å². The van der Waals surface area contributed by atoms with E-state index in [0.29, 0.717) is 27.9 Å². The van der Waals surface area contributed by atoms with E-state index in [-0.39, 0.29) is 23.9 Å². The number of thioether (sulfide) groups is 1. The Balaban J connectivity index is 2.06. The van der Waals surface area contributed by atoms with Gasteiger partial charge in [-0.3, -0.25) is 9.59 Å². The third-order valence-corrected chi connectivity index (χ3v) is 5.10. The summed E-state index contributed by atoms with van der Waals surface area (Å²) in [5.74, 6) is -0.0276. The van der Waals surface area contributed by atoms with Gasteiger partial charge in [-0.2, -0.15) is 0 Å². The molecule has 0 saturated heterocycles. The van der Waals surface area contributed by atoms with Crippen LogP contribution in [-0.4, -0.2) is 34.1 Å². The predicted molar refractivity (Wildman–Crippen MR) is 102 cm³/mol. The van der Waals surface area contributed by atoms with Gasteiger partial charge in [0.15, 0.2) is 5.16 Å². The highest BCUT2D eigenvalue weighted by Crippen LogP contribution is 2.22. The third-order valence-electron chi connectivity index (χ3n) is 4.29. The monoisotopic (exact) mass is 379 g/mol. The highest BCUT2D eigenvalue weighted by Gasteiger charge is 2.18. The van der Waals surface area contributed by atoms with Crippen molar-refractivity contribution in [2.45, 2.75) is 37.9 Å². The van der Waals surface area contributed by atoms with Crippen molar-refractivity contribution in [1.82, 2.24) is 14.9 Å². The SMILES string of the molecule is CSc1nc(C)c(CCC(=O)N(C)C(C)c2cccc(Cl)c2)c(=O)[nH]1. The van der Waals surface area contributed by atoms with Crippen molar-refractivity contribution >= 4 is 29.3 Å². The van der Waals surface area contributed by atoms with Crippen molar-refractivity contribution in [3.05, 3.63) is 56.5 Å². The topological polar surface area (TPSA) is 66.1 Å². The van der Waals surface area contributed by atoms with Crippen molar-refractivity contribution in [2.24, 2.45) is 0 Å². The van der Waals surface area contributed by atoms with Gasteiger partial charge in [0.1, 0.15) is 0 Å². The molecule has 5 nitrogen and oxygen atoms in total. The minimum Gasteiger partial charge on any atom is -0.339 e. The fraction of sp³-hybridized carbons (Fsp3) is 0.389. The summed E-state index contributed by atoms with van der Waals surface area (Å²) >= 11 is 7.41. The van der Waals surface area contributed by atoms with E-state index in [4.69, 9.17) is 11.6 Å². The zero-order chi connectivity index (χ0) is 18.6. The molecule has 0 bridgehead atoms. The maximum absolute atomic E-state index is 12.5. The molecule has 0 radical (unpaired) electrons. The van der Waals surface area contributed by atoms with E-state index in [9.17, 15) is 9.59 Å². The minimum atomic E-state index is -0.171. The summed E-state index contributed by atoms with van der Waals surface area (Å²) in [6.07, 6.45) is 2.48. The van der Waals surface area contributed by atoms with Crippen LogP contribution in [0.2, 0.25) is 5.02 Å². The summed E-state index contributed by atoms with van der Waals surface area (Å²) in [4.78, 5) is 33.4. The van der Waals surface area contributed by atoms with Crippen LogP contribution in [0.4, 0.5) is 0 Å². The molecule has 1 N–H and O–H groups in total. The quantitative estimate of drug-likeness (QED) is 0.615. The molecule has 0 fully saturated rings. The number of aromatic nitrogens is 2. The van der Waals surface area contributed by atoms with Gasteiger partial charge in [0.05, 0.1) is 6.04 Å². The maximum atomic E-state index is 12.5. The number of nitrogens with zero attached hydrogens (tertiary/aromatic N) is 2. The Morgan fingerprint density at radius 2 is 2.16 bits per heavy atom. The van der Waals surface area contributed by atoms with Crippen molar-refractivity contribution in [3.8, 4) is 0 Å². The lowest BCUT2D eigenvalue weighted by Crippen LogP contribution is -2.30. The van der Waals surface area contributed by atoms with Crippen LogP contribution in [0.15, 0.2) is 34.2 Å². The molecule has 1 aromatic carbocycles. The first-order valence-electron chi connectivity index (χ1n) is 7.98. The van der Waals surface area contributed by atoms with Gasteiger partial charge in [-0.1, -0.05) is 35.5 Å². The molecule has 0 spiro atoms. The van der Waals surface area contributed by atoms with Crippen LogP contribution in [0.5, 0.6) is 0 Å². The Hall–Kier alpha value is -1.79. The van der Waals surface area contributed by atoms with Crippen LogP contribution >= 0.6 is 23.4 Å². The van der Waals surface area contributed by atoms with Crippen LogP contribution in [0, 0.1) is 6.92 Å². The first-order valence-corrected chi connectivity index (χ1v) is 9.58. The van der Waals surface area contributed by atoms with Gasteiger partial charge in [0.2, 0.25) is 5.91 Å². The Kier molecular flexibility index (Phi) is 6.67. The molecule has 2 aromatic rings.